The van der Waals surface area contributed by atoms with Gasteiger partial charge in [0, 0.05) is 0 Å². The van der Waals surface area contributed by atoms with Crippen LogP contribution in [-0.2, 0) is 4.79 Å². The third-order valence-electron chi connectivity index (χ3n) is 6.37. The van der Waals surface area contributed by atoms with E-state index in [1.165, 1.54) is 18.6 Å². The van der Waals surface area contributed by atoms with Crippen LogP contribution in [-0.4, -0.2) is 28.3 Å². The summed E-state index contributed by atoms with van der Waals surface area (Å²) in [5.74, 6) is 1.03. The van der Waals surface area contributed by atoms with E-state index in [4.69, 9.17) is 16.3 Å². The van der Waals surface area contributed by atoms with Crippen molar-refractivity contribution in [3.8, 4) is 5.75 Å². The van der Waals surface area contributed by atoms with E-state index < -0.39 is 17.0 Å². The van der Waals surface area contributed by atoms with Gasteiger partial charge in [0.15, 0.2) is 5.60 Å². The molecule has 0 saturated heterocycles. The van der Waals surface area contributed by atoms with Crippen LogP contribution in [0.15, 0.2) is 18.2 Å². The molecule has 2 N–H and O–H groups in total. The number of nitrogens with one attached hydrogen (secondary N) is 1. The molecule has 0 heterocycles. The molecule has 0 radical (unpaired) electrons. The van der Waals surface area contributed by atoms with Gasteiger partial charge in [-0.05, 0) is 81.9 Å². The summed E-state index contributed by atoms with van der Waals surface area (Å²) in [6, 6.07) is 3.60. The van der Waals surface area contributed by atoms with Crippen molar-refractivity contribution in [2.45, 2.75) is 63.2 Å². The Morgan fingerprint density at radius 2 is 1.96 bits per heavy atom. The second kappa shape index (κ2) is 6.10. The van der Waals surface area contributed by atoms with Crippen molar-refractivity contribution >= 4 is 17.5 Å². The number of aliphatic hydroxyl groups is 1. The van der Waals surface area contributed by atoms with Gasteiger partial charge in [-0.1, -0.05) is 11.6 Å². The number of hydrogen-bond donors (Lipinski definition) is 2. The molecule has 0 spiro atoms. The van der Waals surface area contributed by atoms with Crippen LogP contribution in [0.5, 0.6) is 5.75 Å². The summed E-state index contributed by atoms with van der Waals surface area (Å²) in [6.45, 7) is 3.31. The Balaban J connectivity index is 1.48. The topological polar surface area (TPSA) is 58.6 Å². The van der Waals surface area contributed by atoms with Crippen LogP contribution in [0.2, 0.25) is 5.02 Å². The van der Waals surface area contributed by atoms with Crippen LogP contribution in [0.4, 0.5) is 4.39 Å². The maximum atomic E-state index is 13.2. The molecule has 5 rings (SSSR count). The average Bonchev–Trinajstić information content (AvgIpc) is 2.52. The van der Waals surface area contributed by atoms with Crippen molar-refractivity contribution in [1.29, 1.82) is 0 Å². The number of benzene rings is 1. The van der Waals surface area contributed by atoms with E-state index in [-0.39, 0.29) is 22.7 Å². The molecule has 142 valence electrons. The summed E-state index contributed by atoms with van der Waals surface area (Å²) in [5.41, 5.74) is -1.99. The molecule has 6 heteroatoms. The quantitative estimate of drug-likeness (QED) is 0.836. The van der Waals surface area contributed by atoms with E-state index >= 15 is 0 Å². The number of carbonyl (C=O) groups is 1. The van der Waals surface area contributed by atoms with Gasteiger partial charge in [0.2, 0.25) is 0 Å². The Morgan fingerprint density at radius 1 is 1.31 bits per heavy atom. The van der Waals surface area contributed by atoms with E-state index in [1.54, 1.807) is 13.8 Å². The van der Waals surface area contributed by atoms with Gasteiger partial charge < -0.3 is 15.2 Å². The van der Waals surface area contributed by atoms with Crippen molar-refractivity contribution in [2.75, 3.05) is 0 Å². The molecular formula is C20H25ClFNO3. The molecule has 4 bridgehead atoms. The molecule has 2 unspecified atom stereocenters. The van der Waals surface area contributed by atoms with Gasteiger partial charge in [-0.2, -0.15) is 0 Å². The normalized spacial score (nSPS) is 35.4. The predicted molar refractivity (Wildman–Crippen MR) is 96.6 cm³/mol. The van der Waals surface area contributed by atoms with Crippen LogP contribution in [0.1, 0.15) is 46.0 Å². The van der Waals surface area contributed by atoms with Crippen LogP contribution < -0.4 is 10.1 Å². The summed E-state index contributed by atoms with van der Waals surface area (Å²) in [6.07, 6.45) is 4.92. The third-order valence-corrected chi connectivity index (χ3v) is 6.66. The minimum atomic E-state index is -1.19. The zero-order valence-corrected chi connectivity index (χ0v) is 15.9. The number of carbonyl (C=O) groups excluding carboxylic acids is 1. The van der Waals surface area contributed by atoms with Gasteiger partial charge in [-0.3, -0.25) is 4.79 Å². The van der Waals surface area contributed by atoms with Gasteiger partial charge in [-0.15, -0.1) is 0 Å². The molecule has 4 saturated carbocycles. The number of rotatable bonds is 4. The van der Waals surface area contributed by atoms with Crippen LogP contribution in [0.25, 0.3) is 0 Å². The van der Waals surface area contributed by atoms with Crippen molar-refractivity contribution in [1.82, 2.24) is 5.32 Å². The Labute approximate surface area is 158 Å². The van der Waals surface area contributed by atoms with Crippen LogP contribution in [0.3, 0.4) is 0 Å². The first kappa shape index (κ1) is 18.1. The second-order valence-corrected chi connectivity index (χ2v) is 9.26. The van der Waals surface area contributed by atoms with E-state index in [2.05, 4.69) is 5.32 Å². The Morgan fingerprint density at radius 3 is 2.54 bits per heavy atom. The Kier molecular flexibility index (Phi) is 4.23. The second-order valence-electron chi connectivity index (χ2n) is 8.85. The molecule has 4 nitrogen and oxygen atoms in total. The Bertz CT molecular complexity index is 724. The summed E-state index contributed by atoms with van der Waals surface area (Å²) in [5, 5.41) is 14.3. The Hall–Kier alpha value is -1.33. The summed E-state index contributed by atoms with van der Waals surface area (Å²) >= 11 is 6.02. The first-order valence-corrected chi connectivity index (χ1v) is 9.71. The fourth-order valence-electron chi connectivity index (χ4n) is 5.44. The molecule has 3 atom stereocenters. The summed E-state index contributed by atoms with van der Waals surface area (Å²) < 4.78 is 19.0. The number of amides is 1. The molecular weight excluding hydrogens is 357 g/mol. The first-order chi connectivity index (χ1) is 12.2. The molecule has 4 fully saturated rings. The van der Waals surface area contributed by atoms with Crippen molar-refractivity contribution in [3.05, 3.63) is 29.0 Å². The fraction of sp³-hybridized carbons (Fsp3) is 0.650. The van der Waals surface area contributed by atoms with Gasteiger partial charge in [0.25, 0.3) is 5.91 Å². The highest BCUT2D eigenvalue weighted by molar-refractivity contribution is 6.32. The zero-order valence-electron chi connectivity index (χ0n) is 15.1. The van der Waals surface area contributed by atoms with Gasteiger partial charge in [0.05, 0.1) is 16.7 Å². The van der Waals surface area contributed by atoms with E-state index in [1.807, 2.05) is 0 Å². The smallest absolute Gasteiger partial charge is 0.263 e. The van der Waals surface area contributed by atoms with E-state index in [0.717, 1.165) is 31.7 Å². The minimum absolute atomic E-state index is 0.124. The minimum Gasteiger partial charge on any atom is -0.476 e. The molecule has 1 aromatic carbocycles. The highest BCUT2D eigenvalue weighted by Crippen LogP contribution is 2.55. The fourth-order valence-corrected chi connectivity index (χ4v) is 5.65. The molecule has 4 aliphatic carbocycles. The molecule has 0 aliphatic heterocycles. The maximum absolute atomic E-state index is 13.2. The van der Waals surface area contributed by atoms with Crippen molar-refractivity contribution in [3.63, 3.8) is 0 Å². The largest absolute Gasteiger partial charge is 0.476 e. The molecule has 1 aromatic rings. The lowest BCUT2D eigenvalue weighted by Crippen LogP contribution is -2.68. The van der Waals surface area contributed by atoms with Gasteiger partial charge in [-0.25, -0.2) is 4.39 Å². The summed E-state index contributed by atoms with van der Waals surface area (Å²) in [7, 11) is 0. The predicted octanol–water partition coefficient (Wildman–Crippen LogP) is 3.69. The van der Waals surface area contributed by atoms with Crippen LogP contribution in [0, 0.1) is 23.6 Å². The number of hydrogen-bond acceptors (Lipinski definition) is 3. The van der Waals surface area contributed by atoms with Crippen LogP contribution >= 0.6 is 11.6 Å². The van der Waals surface area contributed by atoms with Gasteiger partial charge in [0.1, 0.15) is 11.6 Å². The van der Waals surface area contributed by atoms with E-state index in [0.29, 0.717) is 17.8 Å². The zero-order chi connectivity index (χ0) is 18.7. The van der Waals surface area contributed by atoms with E-state index in [9.17, 15) is 14.3 Å². The lowest BCUT2D eigenvalue weighted by atomic mass is 9.52. The highest BCUT2D eigenvalue weighted by atomic mass is 35.5. The first-order valence-electron chi connectivity index (χ1n) is 9.34. The highest BCUT2D eigenvalue weighted by Gasteiger charge is 2.57. The SMILES string of the molecule is CC(C)(Oc1ccc(F)cc1Cl)C(=O)N[C@H]1C2CC3CC(C2)CC1(O)C3. The third kappa shape index (κ3) is 3.09. The lowest BCUT2D eigenvalue weighted by Gasteiger charge is -2.59. The number of ether oxygens (including phenoxy) is 1. The molecule has 26 heavy (non-hydrogen) atoms. The monoisotopic (exact) mass is 381 g/mol. The maximum Gasteiger partial charge on any atom is 0.263 e. The van der Waals surface area contributed by atoms with Crippen molar-refractivity contribution in [2.24, 2.45) is 17.8 Å². The standard InChI is InChI=1S/C20H25ClFNO3/c1-19(2,26-16-4-3-14(22)8-15(16)21)18(24)23-17-13-6-11-5-12(7-13)10-20(17,25)9-11/h3-4,8,11-13,17,25H,5-7,9-10H2,1-2H3,(H,23,24)/t11?,12?,13?,17-,20?/m0/s1. The van der Waals surface area contributed by atoms with Gasteiger partial charge >= 0.3 is 0 Å². The molecule has 0 aromatic heterocycles. The summed E-state index contributed by atoms with van der Waals surface area (Å²) in [4.78, 5) is 12.9. The molecule has 1 amide bonds. The average molecular weight is 382 g/mol. The lowest BCUT2D eigenvalue weighted by molar-refractivity contribution is -0.162. The molecule has 4 aliphatic rings. The number of halogens is 2. The van der Waals surface area contributed by atoms with Crippen molar-refractivity contribution < 1.29 is 19.0 Å².